The molecule has 0 radical (unpaired) electrons. The monoisotopic (exact) mass is 527 g/mol. The first kappa shape index (κ1) is 23.3. The van der Waals surface area contributed by atoms with E-state index < -0.39 is 0 Å². The van der Waals surface area contributed by atoms with Gasteiger partial charge >= 0.3 is 0 Å². The molecule has 1 aromatic rings. The molecule has 2 saturated heterocycles. The van der Waals surface area contributed by atoms with Gasteiger partial charge in [0.25, 0.3) is 0 Å². The molecule has 1 aliphatic carbocycles. The van der Waals surface area contributed by atoms with Gasteiger partial charge in [0.15, 0.2) is 5.96 Å². The first-order chi connectivity index (χ1) is 14.2. The number of carbonyl (C=O) groups excluding carboxylic acids is 1. The molecular formula is C22H34IN5O2. The molecule has 0 spiro atoms. The van der Waals surface area contributed by atoms with Crippen molar-refractivity contribution >= 4 is 35.8 Å². The highest BCUT2D eigenvalue weighted by Gasteiger charge is 2.39. The Morgan fingerprint density at radius 2 is 1.77 bits per heavy atom. The Morgan fingerprint density at radius 3 is 2.43 bits per heavy atom. The maximum atomic E-state index is 12.5. The predicted octanol–water partition coefficient (Wildman–Crippen LogP) is 1.60. The van der Waals surface area contributed by atoms with Crippen LogP contribution in [0.1, 0.15) is 24.8 Å². The van der Waals surface area contributed by atoms with E-state index in [2.05, 4.69) is 52.4 Å². The quantitative estimate of drug-likeness (QED) is 0.358. The number of nitrogens with zero attached hydrogens (tertiary/aromatic N) is 4. The van der Waals surface area contributed by atoms with Crippen LogP contribution in [0.2, 0.25) is 0 Å². The molecular weight excluding hydrogens is 493 g/mol. The van der Waals surface area contributed by atoms with Crippen LogP contribution in [0.25, 0.3) is 0 Å². The van der Waals surface area contributed by atoms with E-state index in [1.54, 1.807) is 0 Å². The van der Waals surface area contributed by atoms with Crippen LogP contribution in [0.3, 0.4) is 0 Å². The van der Waals surface area contributed by atoms with Gasteiger partial charge in [-0.25, -0.2) is 0 Å². The summed E-state index contributed by atoms with van der Waals surface area (Å²) in [7, 11) is 0. The number of hydrogen-bond donors (Lipinski definition) is 1. The van der Waals surface area contributed by atoms with Crippen molar-refractivity contribution in [3.8, 4) is 0 Å². The van der Waals surface area contributed by atoms with Gasteiger partial charge in [0.1, 0.15) is 0 Å². The van der Waals surface area contributed by atoms with Crippen LogP contribution >= 0.6 is 24.0 Å². The minimum Gasteiger partial charge on any atom is -0.378 e. The van der Waals surface area contributed by atoms with E-state index in [0.717, 1.165) is 51.8 Å². The van der Waals surface area contributed by atoms with Crippen LogP contribution in [0.15, 0.2) is 35.3 Å². The average Bonchev–Trinajstić information content (AvgIpc) is 3.54. The third-order valence-corrected chi connectivity index (χ3v) is 6.04. The molecule has 0 bridgehead atoms. The zero-order chi connectivity index (χ0) is 20.1. The number of rotatable bonds is 5. The maximum absolute atomic E-state index is 12.5. The number of hydrogen-bond acceptors (Lipinski definition) is 4. The predicted molar refractivity (Wildman–Crippen MR) is 130 cm³/mol. The Hall–Kier alpha value is -1.39. The van der Waals surface area contributed by atoms with Crippen LogP contribution in [0.5, 0.6) is 0 Å². The third-order valence-electron chi connectivity index (χ3n) is 6.04. The third kappa shape index (κ3) is 6.07. The van der Waals surface area contributed by atoms with Crippen molar-refractivity contribution in [2.45, 2.75) is 25.3 Å². The van der Waals surface area contributed by atoms with E-state index in [-0.39, 0.29) is 29.9 Å². The molecule has 7 nitrogen and oxygen atoms in total. The number of benzene rings is 1. The molecule has 2 aliphatic heterocycles. The van der Waals surface area contributed by atoms with Crippen molar-refractivity contribution in [1.82, 2.24) is 20.0 Å². The summed E-state index contributed by atoms with van der Waals surface area (Å²) in [6, 6.07) is 11.2. The summed E-state index contributed by atoms with van der Waals surface area (Å²) in [5, 5.41) is 3.69. The highest BCUT2D eigenvalue weighted by molar-refractivity contribution is 14.0. The summed E-state index contributed by atoms with van der Waals surface area (Å²) in [5.41, 5.74) is 1.41. The zero-order valence-electron chi connectivity index (χ0n) is 17.8. The summed E-state index contributed by atoms with van der Waals surface area (Å²) >= 11 is 0. The van der Waals surface area contributed by atoms with Crippen molar-refractivity contribution in [1.29, 1.82) is 0 Å². The number of piperazine rings is 1. The lowest BCUT2D eigenvalue weighted by Gasteiger charge is -2.37. The lowest BCUT2D eigenvalue weighted by atomic mass is 10.1. The van der Waals surface area contributed by atoms with Gasteiger partial charge in [-0.05, 0) is 18.9 Å². The fourth-order valence-electron chi connectivity index (χ4n) is 4.20. The molecule has 0 aromatic heterocycles. The first-order valence-corrected chi connectivity index (χ1v) is 10.9. The molecule has 3 aliphatic rings. The number of halogens is 1. The van der Waals surface area contributed by atoms with Gasteiger partial charge in [0.05, 0.1) is 19.8 Å². The van der Waals surface area contributed by atoms with Crippen molar-refractivity contribution in [2.24, 2.45) is 4.99 Å². The van der Waals surface area contributed by atoms with Gasteiger partial charge in [0.2, 0.25) is 5.91 Å². The van der Waals surface area contributed by atoms with E-state index in [1.165, 1.54) is 12.0 Å². The molecule has 1 aromatic carbocycles. The largest absolute Gasteiger partial charge is 0.378 e. The van der Waals surface area contributed by atoms with Crippen molar-refractivity contribution in [3.05, 3.63) is 35.9 Å². The number of guanidine groups is 1. The van der Waals surface area contributed by atoms with E-state index in [1.807, 2.05) is 4.90 Å². The summed E-state index contributed by atoms with van der Waals surface area (Å²) in [6.07, 6.45) is 1.17. The second-order valence-corrected chi connectivity index (χ2v) is 8.06. The Labute approximate surface area is 196 Å². The minimum atomic E-state index is 0. The molecule has 2 heterocycles. The van der Waals surface area contributed by atoms with E-state index >= 15 is 0 Å². The highest BCUT2D eigenvalue weighted by Crippen LogP contribution is 2.40. The molecule has 1 amide bonds. The molecule has 8 heteroatoms. The van der Waals surface area contributed by atoms with Gasteiger partial charge in [-0.15, -0.1) is 24.0 Å². The number of ether oxygens (including phenoxy) is 1. The summed E-state index contributed by atoms with van der Waals surface area (Å²) in [4.78, 5) is 23.8. The maximum Gasteiger partial charge on any atom is 0.236 e. The van der Waals surface area contributed by atoms with Crippen LogP contribution < -0.4 is 5.32 Å². The summed E-state index contributed by atoms with van der Waals surface area (Å²) in [6.45, 7) is 9.75. The summed E-state index contributed by atoms with van der Waals surface area (Å²) in [5.74, 6) is 1.84. The average molecular weight is 527 g/mol. The lowest BCUT2D eigenvalue weighted by Crippen LogP contribution is -2.55. The first-order valence-electron chi connectivity index (χ1n) is 10.9. The topological polar surface area (TPSA) is 60.4 Å². The fourth-order valence-corrected chi connectivity index (χ4v) is 4.20. The SMILES string of the molecule is CCN=C(NC1CC1c1ccccc1)N1CCN(CC(=O)N2CCOCC2)CC1.I. The number of carbonyl (C=O) groups is 1. The van der Waals surface area contributed by atoms with Crippen molar-refractivity contribution < 1.29 is 9.53 Å². The molecule has 1 saturated carbocycles. The van der Waals surface area contributed by atoms with Gasteiger partial charge < -0.3 is 19.9 Å². The molecule has 30 heavy (non-hydrogen) atoms. The van der Waals surface area contributed by atoms with Gasteiger partial charge in [-0.2, -0.15) is 0 Å². The molecule has 2 atom stereocenters. The van der Waals surface area contributed by atoms with Crippen LogP contribution in [-0.2, 0) is 9.53 Å². The normalized spacial score (nSPS) is 24.9. The Bertz CT molecular complexity index is 703. The van der Waals surface area contributed by atoms with Gasteiger partial charge in [-0.3, -0.25) is 14.7 Å². The second kappa shape index (κ2) is 11.3. The number of morpholine rings is 1. The van der Waals surface area contributed by atoms with Crippen LogP contribution in [0, 0.1) is 0 Å². The highest BCUT2D eigenvalue weighted by atomic mass is 127. The van der Waals surface area contributed by atoms with Crippen LogP contribution in [0.4, 0.5) is 0 Å². The van der Waals surface area contributed by atoms with E-state index in [9.17, 15) is 4.79 Å². The Balaban J connectivity index is 0.00000256. The molecule has 1 N–H and O–H groups in total. The smallest absolute Gasteiger partial charge is 0.236 e. The van der Waals surface area contributed by atoms with E-state index in [0.29, 0.717) is 31.7 Å². The van der Waals surface area contributed by atoms with Crippen LogP contribution in [-0.4, -0.2) is 98.2 Å². The fraction of sp³-hybridized carbons (Fsp3) is 0.636. The standard InChI is InChI=1S/C22H33N5O2.HI/c1-2-23-22(24-20-16-19(20)18-6-4-3-5-7-18)27-10-8-25(9-11-27)17-21(28)26-12-14-29-15-13-26;/h3-7,19-20H,2,8-17H2,1H3,(H,23,24);1H. The lowest BCUT2D eigenvalue weighted by molar-refractivity contribution is -0.136. The molecule has 4 rings (SSSR count). The number of aliphatic imine (C=N–C) groups is 1. The Morgan fingerprint density at radius 1 is 1.07 bits per heavy atom. The van der Waals surface area contributed by atoms with Gasteiger partial charge in [0, 0.05) is 57.8 Å². The number of amides is 1. The van der Waals surface area contributed by atoms with Crippen molar-refractivity contribution in [3.63, 3.8) is 0 Å². The Kier molecular flexibility index (Phi) is 8.76. The van der Waals surface area contributed by atoms with Gasteiger partial charge in [-0.1, -0.05) is 30.3 Å². The summed E-state index contributed by atoms with van der Waals surface area (Å²) < 4.78 is 5.34. The second-order valence-electron chi connectivity index (χ2n) is 8.06. The number of nitrogens with one attached hydrogen (secondary N) is 1. The van der Waals surface area contributed by atoms with E-state index in [4.69, 9.17) is 9.73 Å². The van der Waals surface area contributed by atoms with Crippen molar-refractivity contribution in [2.75, 3.05) is 65.6 Å². The minimum absolute atomic E-state index is 0. The molecule has 2 unspecified atom stereocenters. The molecule has 3 fully saturated rings. The zero-order valence-corrected chi connectivity index (χ0v) is 20.2. The molecule has 166 valence electrons.